The molecule has 0 aliphatic heterocycles. The van der Waals surface area contributed by atoms with E-state index in [2.05, 4.69) is 52.9 Å². The average molecular weight is 548 g/mol. The third kappa shape index (κ3) is 7.51. The Hall–Kier alpha value is -2.62. The van der Waals surface area contributed by atoms with Gasteiger partial charge in [-0.25, -0.2) is 4.99 Å². The zero-order valence-electron chi connectivity index (χ0n) is 19.5. The summed E-state index contributed by atoms with van der Waals surface area (Å²) in [7, 11) is 3.64. The number of rotatable bonds is 8. The number of guanidine groups is 1. The number of methoxy groups -OCH3 is 1. The number of nitrogens with zero attached hydrogens (tertiary/aromatic N) is 4. The van der Waals surface area contributed by atoms with E-state index in [4.69, 9.17) is 9.73 Å². The number of hydrogen-bond donors (Lipinski definition) is 2. The number of hydrogen-bond acceptors (Lipinski definition) is 4. The minimum absolute atomic E-state index is 0. The van der Waals surface area contributed by atoms with Gasteiger partial charge in [-0.15, -0.1) is 34.2 Å². The fourth-order valence-electron chi connectivity index (χ4n) is 3.38. The SMILES string of the molecule is COc1ccc(CN=C(NCCc2cc(C)cc(C)c2)NCc2nnc(C)n2C)cc1.I. The number of halogens is 1. The molecule has 32 heavy (non-hydrogen) atoms. The standard InChI is InChI=1S/C24H32N6O.HI/c1-17-12-18(2)14-21(13-17)10-11-25-24(27-16-23-29-28-19(3)30(23)4)26-15-20-6-8-22(31-5)9-7-20;/h6-9,12-14H,10-11,15-16H2,1-5H3,(H2,25,26,27);1H. The van der Waals surface area contributed by atoms with E-state index in [1.807, 2.05) is 42.8 Å². The van der Waals surface area contributed by atoms with Gasteiger partial charge in [0.25, 0.3) is 0 Å². The van der Waals surface area contributed by atoms with Gasteiger partial charge >= 0.3 is 0 Å². The predicted molar refractivity (Wildman–Crippen MR) is 140 cm³/mol. The summed E-state index contributed by atoms with van der Waals surface area (Å²) in [5, 5.41) is 15.2. The summed E-state index contributed by atoms with van der Waals surface area (Å²) in [6.45, 7) is 8.12. The monoisotopic (exact) mass is 548 g/mol. The molecule has 1 aromatic heterocycles. The second-order valence-corrected chi connectivity index (χ2v) is 7.76. The summed E-state index contributed by atoms with van der Waals surface area (Å²) in [6.07, 6.45) is 0.925. The second-order valence-electron chi connectivity index (χ2n) is 7.76. The molecule has 7 nitrogen and oxygen atoms in total. The van der Waals surface area contributed by atoms with Crippen molar-refractivity contribution in [2.75, 3.05) is 13.7 Å². The number of aromatic nitrogens is 3. The number of ether oxygens (including phenoxy) is 1. The molecule has 0 spiro atoms. The highest BCUT2D eigenvalue weighted by atomic mass is 127. The van der Waals surface area contributed by atoms with Crippen molar-refractivity contribution in [1.29, 1.82) is 0 Å². The van der Waals surface area contributed by atoms with Crippen molar-refractivity contribution >= 4 is 29.9 Å². The van der Waals surface area contributed by atoms with E-state index >= 15 is 0 Å². The highest BCUT2D eigenvalue weighted by molar-refractivity contribution is 14.0. The van der Waals surface area contributed by atoms with Gasteiger partial charge in [-0.3, -0.25) is 0 Å². The van der Waals surface area contributed by atoms with Crippen LogP contribution >= 0.6 is 24.0 Å². The smallest absolute Gasteiger partial charge is 0.191 e. The molecular weight excluding hydrogens is 515 g/mol. The Kier molecular flexibility index (Phi) is 9.96. The Bertz CT molecular complexity index is 1010. The van der Waals surface area contributed by atoms with Gasteiger partial charge in [-0.2, -0.15) is 0 Å². The third-order valence-electron chi connectivity index (χ3n) is 5.16. The van der Waals surface area contributed by atoms with Crippen LogP contribution in [0.1, 0.15) is 33.9 Å². The molecule has 0 atom stereocenters. The Morgan fingerprint density at radius 3 is 2.25 bits per heavy atom. The van der Waals surface area contributed by atoms with E-state index in [1.54, 1.807) is 7.11 Å². The third-order valence-corrected chi connectivity index (χ3v) is 5.16. The van der Waals surface area contributed by atoms with E-state index in [1.165, 1.54) is 16.7 Å². The lowest BCUT2D eigenvalue weighted by Gasteiger charge is -2.13. The molecule has 1 heterocycles. The Labute approximate surface area is 207 Å². The first-order valence-electron chi connectivity index (χ1n) is 10.5. The lowest BCUT2D eigenvalue weighted by atomic mass is 10.1. The number of aryl methyl sites for hydroxylation is 3. The van der Waals surface area contributed by atoms with Crippen molar-refractivity contribution in [2.45, 2.75) is 40.3 Å². The van der Waals surface area contributed by atoms with E-state index in [0.717, 1.165) is 41.9 Å². The largest absolute Gasteiger partial charge is 0.497 e. The maximum absolute atomic E-state index is 5.23. The van der Waals surface area contributed by atoms with Gasteiger partial charge in [0.15, 0.2) is 11.8 Å². The summed E-state index contributed by atoms with van der Waals surface area (Å²) in [6, 6.07) is 14.6. The molecule has 2 aromatic carbocycles. The van der Waals surface area contributed by atoms with Crippen LogP contribution in [-0.4, -0.2) is 34.4 Å². The Morgan fingerprint density at radius 1 is 0.969 bits per heavy atom. The quantitative estimate of drug-likeness (QED) is 0.254. The Balaban J connectivity index is 0.00000363. The van der Waals surface area contributed by atoms with Crippen LogP contribution in [0.3, 0.4) is 0 Å². The zero-order valence-corrected chi connectivity index (χ0v) is 21.8. The maximum atomic E-state index is 5.23. The topological polar surface area (TPSA) is 76.4 Å². The lowest BCUT2D eigenvalue weighted by molar-refractivity contribution is 0.414. The summed E-state index contributed by atoms with van der Waals surface area (Å²) in [4.78, 5) is 4.76. The van der Waals surface area contributed by atoms with Gasteiger partial charge in [0.2, 0.25) is 0 Å². The van der Waals surface area contributed by atoms with Crippen LogP contribution in [0, 0.1) is 20.8 Å². The van der Waals surface area contributed by atoms with Gasteiger partial charge in [-0.1, -0.05) is 41.5 Å². The van der Waals surface area contributed by atoms with Gasteiger partial charge in [0.05, 0.1) is 20.2 Å². The normalized spacial score (nSPS) is 11.1. The number of benzene rings is 2. The highest BCUT2D eigenvalue weighted by Gasteiger charge is 2.07. The molecule has 0 bridgehead atoms. The van der Waals surface area contributed by atoms with Crippen molar-refractivity contribution < 1.29 is 4.74 Å². The summed E-state index contributed by atoms with van der Waals surface area (Å²) < 4.78 is 7.21. The van der Waals surface area contributed by atoms with Gasteiger partial charge in [-0.05, 0) is 50.5 Å². The van der Waals surface area contributed by atoms with E-state index in [-0.39, 0.29) is 24.0 Å². The molecule has 0 saturated heterocycles. The first-order chi connectivity index (χ1) is 14.9. The highest BCUT2D eigenvalue weighted by Crippen LogP contribution is 2.12. The molecule has 3 rings (SSSR count). The summed E-state index contributed by atoms with van der Waals surface area (Å²) in [5.74, 6) is 3.35. The lowest BCUT2D eigenvalue weighted by Crippen LogP contribution is -2.38. The maximum Gasteiger partial charge on any atom is 0.191 e. The fraction of sp³-hybridized carbons (Fsp3) is 0.375. The minimum atomic E-state index is 0. The molecule has 0 fully saturated rings. The van der Waals surface area contributed by atoms with Crippen molar-refractivity contribution in [3.8, 4) is 5.75 Å². The van der Waals surface area contributed by atoms with Crippen LogP contribution in [-0.2, 0) is 26.6 Å². The van der Waals surface area contributed by atoms with Crippen LogP contribution in [0.25, 0.3) is 0 Å². The molecule has 3 aromatic rings. The molecule has 8 heteroatoms. The van der Waals surface area contributed by atoms with E-state index in [9.17, 15) is 0 Å². The van der Waals surface area contributed by atoms with Gasteiger partial charge in [0, 0.05) is 13.6 Å². The van der Waals surface area contributed by atoms with Crippen molar-refractivity contribution in [2.24, 2.45) is 12.0 Å². The van der Waals surface area contributed by atoms with Crippen LogP contribution < -0.4 is 15.4 Å². The van der Waals surface area contributed by atoms with Gasteiger partial charge in [0.1, 0.15) is 11.6 Å². The molecule has 0 amide bonds. The summed E-state index contributed by atoms with van der Waals surface area (Å²) >= 11 is 0. The minimum Gasteiger partial charge on any atom is -0.497 e. The van der Waals surface area contributed by atoms with Crippen molar-refractivity contribution in [1.82, 2.24) is 25.4 Å². The average Bonchev–Trinajstić information content (AvgIpc) is 3.07. The molecule has 0 aliphatic rings. The Morgan fingerprint density at radius 2 is 1.66 bits per heavy atom. The van der Waals surface area contributed by atoms with Crippen LogP contribution in [0.4, 0.5) is 0 Å². The molecule has 0 unspecified atom stereocenters. The molecule has 0 saturated carbocycles. The zero-order chi connectivity index (χ0) is 22.2. The van der Waals surface area contributed by atoms with Crippen LogP contribution in [0.15, 0.2) is 47.5 Å². The molecular formula is C24H33IN6O. The molecule has 172 valence electrons. The fourth-order valence-corrected chi connectivity index (χ4v) is 3.38. The second kappa shape index (κ2) is 12.4. The molecule has 0 radical (unpaired) electrons. The summed E-state index contributed by atoms with van der Waals surface area (Å²) in [5.41, 5.74) is 5.02. The predicted octanol–water partition coefficient (Wildman–Crippen LogP) is 3.85. The van der Waals surface area contributed by atoms with Crippen molar-refractivity contribution in [3.63, 3.8) is 0 Å². The van der Waals surface area contributed by atoms with Gasteiger partial charge < -0.3 is 19.9 Å². The first-order valence-corrected chi connectivity index (χ1v) is 10.5. The van der Waals surface area contributed by atoms with E-state index in [0.29, 0.717) is 13.1 Å². The first kappa shape index (κ1) is 25.6. The van der Waals surface area contributed by atoms with Crippen molar-refractivity contribution in [3.05, 3.63) is 76.4 Å². The number of aliphatic imine (C=N–C) groups is 1. The van der Waals surface area contributed by atoms with Crippen LogP contribution in [0.5, 0.6) is 5.75 Å². The van der Waals surface area contributed by atoms with E-state index < -0.39 is 0 Å². The van der Waals surface area contributed by atoms with Crippen LogP contribution in [0.2, 0.25) is 0 Å². The number of nitrogens with one attached hydrogen (secondary N) is 2. The molecule has 0 aliphatic carbocycles. The molecule has 2 N–H and O–H groups in total.